The highest BCUT2D eigenvalue weighted by molar-refractivity contribution is 6.13. The molecule has 0 saturated heterocycles. The predicted molar refractivity (Wildman–Crippen MR) is 187 cm³/mol. The van der Waals surface area contributed by atoms with E-state index >= 15 is 0 Å². The zero-order valence-corrected chi connectivity index (χ0v) is 28.4. The van der Waals surface area contributed by atoms with Gasteiger partial charge >= 0.3 is 0 Å². The Balaban J connectivity index is 1.14. The number of nitrogens with zero attached hydrogens (tertiary/aromatic N) is 3. The zero-order chi connectivity index (χ0) is 33.1. The molecule has 1 N–H and O–H groups in total. The lowest BCUT2D eigenvalue weighted by atomic mass is 9.71. The maximum absolute atomic E-state index is 12.5. The monoisotopic (exact) mass is 637 g/mol. The SMILES string of the molecule is CCCN(CCC)c1ccc2c(c1)OC1CC[N+]3=C(C1=C2)C(C)(CCCCCC(=O)NCCN1C(=O)C=CC1=O)c1cc(C)ccc13. The number of aryl methyl sites for hydroxylation is 1. The van der Waals surface area contributed by atoms with Gasteiger partial charge in [0.15, 0.2) is 12.3 Å². The number of ether oxygens (including phenoxy) is 1. The van der Waals surface area contributed by atoms with Crippen molar-refractivity contribution in [3.8, 4) is 5.75 Å². The Morgan fingerprint density at radius 1 is 1.04 bits per heavy atom. The molecule has 0 bridgehead atoms. The lowest BCUT2D eigenvalue weighted by molar-refractivity contribution is -0.444. The summed E-state index contributed by atoms with van der Waals surface area (Å²) in [7, 11) is 0. The topological polar surface area (TPSA) is 82.0 Å². The zero-order valence-electron chi connectivity index (χ0n) is 28.4. The second-order valence-electron chi connectivity index (χ2n) is 13.6. The van der Waals surface area contributed by atoms with Crippen molar-refractivity contribution < 1.29 is 23.7 Å². The van der Waals surface area contributed by atoms with Crippen LogP contribution in [0.25, 0.3) is 6.08 Å². The first kappa shape index (κ1) is 32.7. The summed E-state index contributed by atoms with van der Waals surface area (Å²) >= 11 is 0. The van der Waals surface area contributed by atoms with Crippen LogP contribution in [0.2, 0.25) is 0 Å². The standard InChI is InChI=1S/C39H48N4O4/c1-5-20-41(21-6-2)29-13-12-28-25-30-33(47-34(28)26-29)17-22-42-32-14-11-27(3)24-31(32)39(4,38(30)42)18-9-7-8-10-35(44)40-19-23-43-36(45)15-16-37(43)46/h11-16,24-26,33H,5-10,17-23H2,1-4H3/p+1. The normalized spacial score (nSPS) is 20.8. The molecule has 2 aromatic rings. The molecule has 2 unspecified atom stereocenters. The van der Waals surface area contributed by atoms with Crippen molar-refractivity contribution in [3.63, 3.8) is 0 Å². The molecule has 0 aliphatic carbocycles. The van der Waals surface area contributed by atoms with Gasteiger partial charge in [-0.2, -0.15) is 4.58 Å². The van der Waals surface area contributed by atoms with Crippen LogP contribution >= 0.6 is 0 Å². The van der Waals surface area contributed by atoms with Crippen molar-refractivity contribution in [2.75, 3.05) is 37.6 Å². The highest BCUT2D eigenvalue weighted by atomic mass is 16.5. The van der Waals surface area contributed by atoms with Gasteiger partial charge in [0.05, 0.1) is 11.0 Å². The van der Waals surface area contributed by atoms with Crippen LogP contribution in [-0.2, 0) is 19.8 Å². The van der Waals surface area contributed by atoms with Crippen molar-refractivity contribution in [1.82, 2.24) is 10.2 Å². The van der Waals surface area contributed by atoms with Crippen molar-refractivity contribution in [3.05, 3.63) is 70.8 Å². The van der Waals surface area contributed by atoms with Crippen molar-refractivity contribution in [2.45, 2.75) is 90.6 Å². The molecule has 6 rings (SSSR count). The molecule has 8 nitrogen and oxygen atoms in total. The highest BCUT2D eigenvalue weighted by Crippen LogP contribution is 2.49. The number of unbranched alkanes of at least 4 members (excludes halogenated alkanes) is 2. The van der Waals surface area contributed by atoms with Crippen molar-refractivity contribution in [2.24, 2.45) is 0 Å². The number of rotatable bonds is 14. The van der Waals surface area contributed by atoms with Crippen LogP contribution in [0.3, 0.4) is 0 Å². The van der Waals surface area contributed by atoms with Crippen LogP contribution in [-0.4, -0.2) is 71.7 Å². The fourth-order valence-corrected chi connectivity index (χ4v) is 7.83. The molecule has 248 valence electrons. The van der Waals surface area contributed by atoms with Crippen LogP contribution in [0, 0.1) is 6.92 Å². The van der Waals surface area contributed by atoms with E-state index in [9.17, 15) is 14.4 Å². The number of amides is 3. The van der Waals surface area contributed by atoms with Crippen LogP contribution in [0.5, 0.6) is 5.75 Å². The van der Waals surface area contributed by atoms with Gasteiger partial charge in [0.1, 0.15) is 11.9 Å². The summed E-state index contributed by atoms with van der Waals surface area (Å²) < 4.78 is 9.37. The Labute approximate surface area is 279 Å². The predicted octanol–water partition coefficient (Wildman–Crippen LogP) is 6.22. The van der Waals surface area contributed by atoms with Gasteiger partial charge in [0, 0.05) is 80.1 Å². The van der Waals surface area contributed by atoms with E-state index in [-0.39, 0.29) is 42.3 Å². The Hall–Kier alpha value is -4.20. The summed E-state index contributed by atoms with van der Waals surface area (Å²) in [6.07, 6.45) is 12.3. The summed E-state index contributed by atoms with van der Waals surface area (Å²) in [6, 6.07) is 13.6. The molecule has 0 spiro atoms. The van der Waals surface area contributed by atoms with Crippen LogP contribution in [0.15, 0.2) is 54.1 Å². The van der Waals surface area contributed by atoms with Crippen LogP contribution in [0.1, 0.15) is 88.8 Å². The molecule has 4 aliphatic heterocycles. The van der Waals surface area contributed by atoms with E-state index in [1.807, 2.05) is 0 Å². The molecule has 0 saturated carbocycles. The lowest BCUT2D eigenvalue weighted by Gasteiger charge is -2.34. The second-order valence-corrected chi connectivity index (χ2v) is 13.6. The molecule has 3 amide bonds. The molecule has 2 atom stereocenters. The number of hydrogen-bond donors (Lipinski definition) is 1. The third-order valence-electron chi connectivity index (χ3n) is 10.1. The molecular formula is C39H49N4O4+. The quantitative estimate of drug-likeness (QED) is 0.151. The maximum Gasteiger partial charge on any atom is 0.253 e. The maximum atomic E-state index is 12.5. The molecule has 4 aliphatic rings. The number of benzene rings is 2. The summed E-state index contributed by atoms with van der Waals surface area (Å²) in [5.41, 5.74) is 8.89. The van der Waals surface area contributed by atoms with E-state index in [0.29, 0.717) is 6.42 Å². The fourth-order valence-electron chi connectivity index (χ4n) is 7.83. The van der Waals surface area contributed by atoms with Gasteiger partial charge in [0.25, 0.3) is 11.8 Å². The van der Waals surface area contributed by atoms with Crippen LogP contribution < -0.4 is 15.0 Å². The largest absolute Gasteiger partial charge is 0.485 e. The first-order valence-electron chi connectivity index (χ1n) is 17.6. The second kappa shape index (κ2) is 13.9. The lowest BCUT2D eigenvalue weighted by Crippen LogP contribution is -2.44. The average Bonchev–Trinajstić information content (AvgIpc) is 3.51. The molecule has 0 radical (unpaired) electrons. The van der Waals surface area contributed by atoms with E-state index in [0.717, 1.165) is 80.8 Å². The van der Waals surface area contributed by atoms with E-state index < -0.39 is 0 Å². The van der Waals surface area contributed by atoms with Crippen molar-refractivity contribution in [1.29, 1.82) is 0 Å². The minimum Gasteiger partial charge on any atom is -0.485 e. The van der Waals surface area contributed by atoms with Gasteiger partial charge in [0.2, 0.25) is 11.6 Å². The number of fused-ring (bicyclic) bond motifs is 5. The molecule has 0 fully saturated rings. The van der Waals surface area contributed by atoms with Gasteiger partial charge in [-0.1, -0.05) is 38.3 Å². The Bertz CT molecular complexity index is 1630. The Kier molecular flexibility index (Phi) is 9.67. The number of carbonyl (C=O) groups is 3. The molecule has 8 heteroatoms. The van der Waals surface area contributed by atoms with Gasteiger partial charge < -0.3 is 15.0 Å². The molecule has 2 aromatic carbocycles. The minimum absolute atomic E-state index is 0.0372. The molecule has 4 heterocycles. The highest BCUT2D eigenvalue weighted by Gasteiger charge is 2.54. The van der Waals surface area contributed by atoms with E-state index in [4.69, 9.17) is 4.74 Å². The van der Waals surface area contributed by atoms with Gasteiger partial charge in [-0.3, -0.25) is 19.3 Å². The third-order valence-corrected chi connectivity index (χ3v) is 10.1. The van der Waals surface area contributed by atoms with Gasteiger partial charge in [-0.25, -0.2) is 0 Å². The van der Waals surface area contributed by atoms with E-state index in [2.05, 4.69) is 85.0 Å². The number of anilines is 1. The Morgan fingerprint density at radius 2 is 1.81 bits per heavy atom. The number of imide groups is 1. The molecular weight excluding hydrogens is 588 g/mol. The van der Waals surface area contributed by atoms with Gasteiger partial charge in [-0.15, -0.1) is 0 Å². The minimum atomic E-state index is -0.322. The fraction of sp³-hybridized carbons (Fsp3) is 0.487. The van der Waals surface area contributed by atoms with Crippen molar-refractivity contribution >= 4 is 40.9 Å². The summed E-state index contributed by atoms with van der Waals surface area (Å²) in [5.74, 6) is 0.304. The van der Waals surface area contributed by atoms with E-state index in [1.165, 1.54) is 45.9 Å². The van der Waals surface area contributed by atoms with Crippen LogP contribution in [0.4, 0.5) is 11.4 Å². The third kappa shape index (κ3) is 6.52. The van der Waals surface area contributed by atoms with Gasteiger partial charge in [-0.05, 0) is 63.8 Å². The average molecular weight is 638 g/mol. The smallest absolute Gasteiger partial charge is 0.253 e. The number of carbonyl (C=O) groups excluding carboxylic acids is 3. The first-order chi connectivity index (χ1) is 22.7. The molecule has 0 aromatic heterocycles. The molecule has 47 heavy (non-hydrogen) atoms. The summed E-state index contributed by atoms with van der Waals surface area (Å²) in [6.45, 7) is 12.5. The van der Waals surface area contributed by atoms with E-state index in [1.54, 1.807) is 0 Å². The summed E-state index contributed by atoms with van der Waals surface area (Å²) in [4.78, 5) is 39.5. The Morgan fingerprint density at radius 3 is 2.55 bits per heavy atom. The summed E-state index contributed by atoms with van der Waals surface area (Å²) in [5, 5.41) is 2.86. The number of nitrogens with one attached hydrogen (secondary N) is 1. The first-order valence-corrected chi connectivity index (χ1v) is 17.6. The number of hydrogen-bond acceptors (Lipinski definition) is 5.